The quantitative estimate of drug-likeness (QED) is 0.497. The van der Waals surface area contributed by atoms with Crippen LogP contribution in [0.5, 0.6) is 0 Å². The molecule has 0 saturated heterocycles. The van der Waals surface area contributed by atoms with Gasteiger partial charge in [-0.2, -0.15) is 4.68 Å². The first-order valence-electron chi connectivity index (χ1n) is 8.32. The smallest absolute Gasteiger partial charge is 0.290 e. The Morgan fingerprint density at radius 1 is 1.07 bits per heavy atom. The lowest BCUT2D eigenvalue weighted by molar-refractivity contribution is -0.122. The van der Waals surface area contributed by atoms with Gasteiger partial charge >= 0.3 is 0 Å². The lowest BCUT2D eigenvalue weighted by Gasteiger charge is -2.06. The van der Waals surface area contributed by atoms with E-state index in [1.807, 2.05) is 36.4 Å². The van der Waals surface area contributed by atoms with E-state index < -0.39 is 0 Å². The third kappa shape index (κ3) is 4.66. The molecule has 2 heterocycles. The number of anilines is 1. The first-order chi connectivity index (χ1) is 14.1. The Labute approximate surface area is 164 Å². The molecule has 0 radical (unpaired) electrons. The minimum Gasteiger partial charge on any atom is -0.483 e. The monoisotopic (exact) mass is 392 g/mol. The molecule has 2 aromatic heterocycles. The van der Waals surface area contributed by atoms with Crippen LogP contribution in [0.15, 0.2) is 60.8 Å². The van der Waals surface area contributed by atoms with E-state index in [2.05, 4.69) is 31.2 Å². The molecule has 0 aliphatic carbocycles. The molecule has 0 spiro atoms. The Morgan fingerprint density at radius 3 is 2.52 bits per heavy atom. The number of nitrogens with zero attached hydrogens (tertiary/aromatic N) is 7. The van der Waals surface area contributed by atoms with Crippen LogP contribution in [-0.2, 0) is 11.8 Å². The van der Waals surface area contributed by atoms with Crippen LogP contribution in [-0.4, -0.2) is 52.7 Å². The molecule has 2 N–H and O–H groups in total. The van der Waals surface area contributed by atoms with E-state index in [9.17, 15) is 4.79 Å². The van der Waals surface area contributed by atoms with Gasteiger partial charge in [0.15, 0.2) is 11.6 Å². The predicted molar refractivity (Wildman–Crippen MR) is 102 cm³/mol. The third-order valence-electron chi connectivity index (χ3n) is 3.70. The standard InChI is InChI=1S/C17H14N8O.CH2O2/c1-24-11-15(19-22-24)18-17(26)13-7-5-6-12(10-13)16-20-21-23-25(16)14-8-3-2-4-9-14;2-1-3/h2-11H,1H3,(H,18,26);1H,(H,2,3). The second kappa shape index (κ2) is 8.99. The number of amides is 1. The SMILES string of the molecule is Cn1cc(NC(=O)c2cccc(-c3nnnn3-c3ccccc3)c2)nn1.O=CO. The van der Waals surface area contributed by atoms with Crippen LogP contribution in [0.1, 0.15) is 10.4 Å². The maximum Gasteiger partial charge on any atom is 0.290 e. The van der Waals surface area contributed by atoms with Gasteiger partial charge in [0.25, 0.3) is 12.4 Å². The fourth-order valence-corrected chi connectivity index (χ4v) is 2.50. The number of para-hydroxylation sites is 1. The zero-order valence-electron chi connectivity index (χ0n) is 15.2. The highest BCUT2D eigenvalue weighted by atomic mass is 16.3. The van der Waals surface area contributed by atoms with E-state index in [0.29, 0.717) is 17.2 Å². The molecule has 4 aromatic rings. The largest absolute Gasteiger partial charge is 0.483 e. The maximum atomic E-state index is 12.5. The van der Waals surface area contributed by atoms with Crippen molar-refractivity contribution < 1.29 is 14.7 Å². The normalized spacial score (nSPS) is 9.97. The van der Waals surface area contributed by atoms with Gasteiger partial charge in [-0.15, -0.1) is 10.2 Å². The van der Waals surface area contributed by atoms with Crippen LogP contribution >= 0.6 is 0 Å². The van der Waals surface area contributed by atoms with Crippen molar-refractivity contribution >= 4 is 18.2 Å². The van der Waals surface area contributed by atoms with E-state index in [1.165, 1.54) is 4.68 Å². The number of benzene rings is 2. The summed E-state index contributed by atoms with van der Waals surface area (Å²) in [5.74, 6) is 0.647. The Hall–Kier alpha value is -4.41. The summed E-state index contributed by atoms with van der Waals surface area (Å²) < 4.78 is 3.14. The molecule has 2 aromatic carbocycles. The second-order valence-corrected chi connectivity index (χ2v) is 5.67. The van der Waals surface area contributed by atoms with Gasteiger partial charge in [0, 0.05) is 18.2 Å². The van der Waals surface area contributed by atoms with E-state index in [0.717, 1.165) is 11.3 Å². The maximum absolute atomic E-state index is 12.5. The number of rotatable bonds is 4. The fraction of sp³-hybridized carbons (Fsp3) is 0.0556. The van der Waals surface area contributed by atoms with Gasteiger partial charge in [-0.25, -0.2) is 0 Å². The minimum absolute atomic E-state index is 0.250. The molecule has 0 bridgehead atoms. The van der Waals surface area contributed by atoms with Gasteiger partial charge in [0.1, 0.15) is 0 Å². The summed E-state index contributed by atoms with van der Waals surface area (Å²) in [4.78, 5) is 20.8. The van der Waals surface area contributed by atoms with Gasteiger partial charge < -0.3 is 10.4 Å². The highest BCUT2D eigenvalue weighted by Gasteiger charge is 2.14. The molecule has 0 aliphatic rings. The fourth-order valence-electron chi connectivity index (χ4n) is 2.50. The van der Waals surface area contributed by atoms with Gasteiger partial charge in [-0.1, -0.05) is 35.5 Å². The number of tetrazole rings is 1. The average molecular weight is 392 g/mol. The summed E-state index contributed by atoms with van der Waals surface area (Å²) in [5, 5.41) is 29.1. The second-order valence-electron chi connectivity index (χ2n) is 5.67. The number of carboxylic acid groups (broad SMARTS) is 1. The van der Waals surface area contributed by atoms with Crippen molar-refractivity contribution in [3.05, 3.63) is 66.4 Å². The molecule has 11 heteroatoms. The molecular weight excluding hydrogens is 376 g/mol. The zero-order valence-corrected chi connectivity index (χ0v) is 15.2. The Morgan fingerprint density at radius 2 is 1.83 bits per heavy atom. The molecule has 146 valence electrons. The molecule has 0 aliphatic heterocycles. The van der Waals surface area contributed by atoms with Crippen molar-refractivity contribution in [1.29, 1.82) is 0 Å². The summed E-state index contributed by atoms with van der Waals surface area (Å²) in [7, 11) is 1.73. The van der Waals surface area contributed by atoms with Crippen LogP contribution < -0.4 is 5.32 Å². The van der Waals surface area contributed by atoms with Crippen LogP contribution in [0, 0.1) is 0 Å². The Kier molecular flexibility index (Phi) is 6.00. The van der Waals surface area contributed by atoms with Gasteiger partial charge in [-0.3, -0.25) is 14.3 Å². The van der Waals surface area contributed by atoms with Crippen molar-refractivity contribution in [2.45, 2.75) is 0 Å². The lowest BCUT2D eigenvalue weighted by Crippen LogP contribution is -2.12. The van der Waals surface area contributed by atoms with Crippen LogP contribution in [0.3, 0.4) is 0 Å². The van der Waals surface area contributed by atoms with E-state index in [1.54, 1.807) is 36.1 Å². The number of carbonyl (C=O) groups is 2. The summed E-state index contributed by atoms with van der Waals surface area (Å²) in [5.41, 5.74) is 2.03. The summed E-state index contributed by atoms with van der Waals surface area (Å²) in [6.07, 6.45) is 1.62. The van der Waals surface area contributed by atoms with Crippen molar-refractivity contribution in [3.8, 4) is 17.1 Å². The van der Waals surface area contributed by atoms with Gasteiger partial charge in [0.2, 0.25) is 0 Å². The minimum atomic E-state index is -0.286. The number of aryl methyl sites for hydroxylation is 1. The van der Waals surface area contributed by atoms with Gasteiger partial charge in [-0.05, 0) is 34.7 Å². The molecule has 0 unspecified atom stereocenters. The summed E-state index contributed by atoms with van der Waals surface area (Å²) >= 11 is 0. The average Bonchev–Trinajstić information content (AvgIpc) is 3.38. The zero-order chi connectivity index (χ0) is 20.6. The highest BCUT2D eigenvalue weighted by Crippen LogP contribution is 2.20. The summed E-state index contributed by atoms with van der Waals surface area (Å²) in [6, 6.07) is 16.6. The number of hydrogen-bond acceptors (Lipinski definition) is 7. The highest BCUT2D eigenvalue weighted by molar-refractivity contribution is 6.04. The van der Waals surface area contributed by atoms with Crippen molar-refractivity contribution in [2.75, 3.05) is 5.32 Å². The van der Waals surface area contributed by atoms with Crippen molar-refractivity contribution in [2.24, 2.45) is 7.05 Å². The number of nitrogens with one attached hydrogen (secondary N) is 1. The molecule has 4 rings (SSSR count). The topological polar surface area (TPSA) is 141 Å². The molecule has 0 fully saturated rings. The molecular formula is C18H16N8O3. The van der Waals surface area contributed by atoms with E-state index in [4.69, 9.17) is 9.90 Å². The first-order valence-corrected chi connectivity index (χ1v) is 8.32. The first kappa shape index (κ1) is 19.4. The third-order valence-corrected chi connectivity index (χ3v) is 3.70. The molecule has 29 heavy (non-hydrogen) atoms. The van der Waals surface area contributed by atoms with Crippen LogP contribution in [0.4, 0.5) is 5.82 Å². The Bertz CT molecular complexity index is 1110. The molecule has 1 amide bonds. The van der Waals surface area contributed by atoms with Crippen LogP contribution in [0.2, 0.25) is 0 Å². The number of aromatic nitrogens is 7. The molecule has 0 atom stereocenters. The van der Waals surface area contributed by atoms with Crippen molar-refractivity contribution in [3.63, 3.8) is 0 Å². The summed E-state index contributed by atoms with van der Waals surface area (Å²) in [6.45, 7) is -0.250. The number of carbonyl (C=O) groups excluding carboxylic acids is 1. The molecule has 11 nitrogen and oxygen atoms in total. The van der Waals surface area contributed by atoms with E-state index in [-0.39, 0.29) is 12.4 Å². The predicted octanol–water partition coefficient (Wildman–Crippen LogP) is 1.41. The van der Waals surface area contributed by atoms with E-state index >= 15 is 0 Å². The Balaban J connectivity index is 0.000000755. The van der Waals surface area contributed by atoms with Gasteiger partial charge in [0.05, 0.1) is 11.9 Å². The number of hydrogen-bond donors (Lipinski definition) is 2. The van der Waals surface area contributed by atoms with Crippen LogP contribution in [0.25, 0.3) is 17.1 Å². The lowest BCUT2D eigenvalue weighted by atomic mass is 10.1. The van der Waals surface area contributed by atoms with Crippen molar-refractivity contribution in [1.82, 2.24) is 35.2 Å². The molecule has 0 saturated carbocycles.